The van der Waals surface area contributed by atoms with Crippen molar-refractivity contribution >= 4 is 11.7 Å². The van der Waals surface area contributed by atoms with Gasteiger partial charge in [-0.25, -0.2) is 9.37 Å². The molecule has 0 atom stereocenters. The van der Waals surface area contributed by atoms with E-state index in [4.69, 9.17) is 10.5 Å². The molecule has 0 radical (unpaired) electrons. The number of nitrogens with two attached hydrogens (primary N) is 1. The topological polar surface area (TPSA) is 68.5 Å². The number of halogens is 1. The highest BCUT2D eigenvalue weighted by Crippen LogP contribution is 2.23. The van der Waals surface area contributed by atoms with Gasteiger partial charge in [0.1, 0.15) is 11.6 Å². The summed E-state index contributed by atoms with van der Waals surface area (Å²) in [5.74, 6) is -0.838. The first-order valence-electron chi connectivity index (χ1n) is 5.72. The number of aromatic nitrogens is 1. The highest BCUT2D eigenvalue weighted by Gasteiger charge is 2.35. The third-order valence-electron chi connectivity index (χ3n) is 3.01. The molecule has 1 aromatic heterocycles. The molecule has 1 aliphatic heterocycles. The quantitative estimate of drug-likeness (QED) is 0.812. The minimum atomic E-state index is -0.571. The Labute approximate surface area is 105 Å². The Morgan fingerprint density at radius 3 is 3.00 bits per heavy atom. The van der Waals surface area contributed by atoms with Crippen LogP contribution in [0.4, 0.5) is 10.2 Å². The maximum Gasteiger partial charge on any atom is 0.258 e. The fraction of sp³-hybridized carbons (Fsp3) is 0.500. The van der Waals surface area contributed by atoms with Gasteiger partial charge in [0, 0.05) is 6.54 Å². The van der Waals surface area contributed by atoms with Crippen molar-refractivity contribution in [1.29, 1.82) is 0 Å². The van der Waals surface area contributed by atoms with Gasteiger partial charge in [0.15, 0.2) is 0 Å². The highest BCUT2D eigenvalue weighted by atomic mass is 19.1. The van der Waals surface area contributed by atoms with Crippen LogP contribution in [0, 0.1) is 5.82 Å². The van der Waals surface area contributed by atoms with E-state index in [9.17, 15) is 9.18 Å². The normalized spacial score (nSPS) is 18.7. The lowest BCUT2D eigenvalue weighted by molar-refractivity contribution is -0.0370. The number of carbonyl (C=O) groups excluding carboxylic acids is 1. The maximum atomic E-state index is 13.2. The summed E-state index contributed by atoms with van der Waals surface area (Å²) in [5.41, 5.74) is 5.29. The van der Waals surface area contributed by atoms with Crippen molar-refractivity contribution in [2.75, 3.05) is 25.5 Å². The van der Waals surface area contributed by atoms with E-state index in [-0.39, 0.29) is 17.3 Å². The molecule has 0 saturated carbocycles. The van der Waals surface area contributed by atoms with Crippen LogP contribution in [0.2, 0.25) is 0 Å². The number of pyridine rings is 1. The van der Waals surface area contributed by atoms with Gasteiger partial charge >= 0.3 is 0 Å². The molecule has 1 aliphatic rings. The van der Waals surface area contributed by atoms with E-state index in [0.717, 1.165) is 12.3 Å². The Balaban J connectivity index is 2.33. The zero-order valence-electron chi connectivity index (χ0n) is 10.4. The fourth-order valence-electron chi connectivity index (χ4n) is 2.00. The van der Waals surface area contributed by atoms with Gasteiger partial charge in [0.05, 0.1) is 30.5 Å². The zero-order chi connectivity index (χ0) is 13.3. The molecule has 2 N–H and O–H groups in total. The van der Waals surface area contributed by atoms with Crippen LogP contribution in [-0.2, 0) is 4.74 Å². The van der Waals surface area contributed by atoms with Gasteiger partial charge in [0.2, 0.25) is 0 Å². The summed E-state index contributed by atoms with van der Waals surface area (Å²) in [5, 5.41) is 0. The lowest BCUT2D eigenvalue weighted by atomic mass is 10.0. The zero-order valence-corrected chi connectivity index (χ0v) is 10.4. The first kappa shape index (κ1) is 12.8. The maximum absolute atomic E-state index is 13.2. The minimum Gasteiger partial charge on any atom is -0.383 e. The highest BCUT2D eigenvalue weighted by molar-refractivity contribution is 5.98. The summed E-state index contributed by atoms with van der Waals surface area (Å²) in [6.07, 6.45) is 0.997. The Morgan fingerprint density at radius 1 is 1.61 bits per heavy atom. The van der Waals surface area contributed by atoms with Gasteiger partial charge in [-0.2, -0.15) is 0 Å². The largest absolute Gasteiger partial charge is 0.383 e. The number of anilines is 1. The van der Waals surface area contributed by atoms with Crippen molar-refractivity contribution in [2.45, 2.75) is 19.4 Å². The molecule has 1 amide bonds. The predicted molar refractivity (Wildman–Crippen MR) is 64.5 cm³/mol. The smallest absolute Gasteiger partial charge is 0.258 e. The molecule has 18 heavy (non-hydrogen) atoms. The van der Waals surface area contributed by atoms with Crippen molar-refractivity contribution < 1.29 is 13.9 Å². The van der Waals surface area contributed by atoms with Crippen LogP contribution in [0.15, 0.2) is 12.3 Å². The average molecular weight is 253 g/mol. The molecule has 98 valence electrons. The molecule has 5 nitrogen and oxygen atoms in total. The molecule has 2 heterocycles. The van der Waals surface area contributed by atoms with Crippen molar-refractivity contribution in [1.82, 2.24) is 9.88 Å². The summed E-state index contributed by atoms with van der Waals surface area (Å²) in [6, 6.07) is 1.12. The first-order valence-corrected chi connectivity index (χ1v) is 5.72. The number of nitrogen functional groups attached to an aromatic ring is 1. The van der Waals surface area contributed by atoms with Crippen molar-refractivity contribution in [2.24, 2.45) is 0 Å². The van der Waals surface area contributed by atoms with Crippen molar-refractivity contribution in [3.05, 3.63) is 23.6 Å². The predicted octanol–water partition coefficient (Wildman–Crippen LogP) is 1.05. The van der Waals surface area contributed by atoms with Gasteiger partial charge in [-0.3, -0.25) is 4.79 Å². The van der Waals surface area contributed by atoms with Gasteiger partial charge in [-0.05, 0) is 19.9 Å². The van der Waals surface area contributed by atoms with E-state index < -0.39 is 11.4 Å². The molecule has 2 rings (SSSR count). The van der Waals surface area contributed by atoms with E-state index in [2.05, 4.69) is 4.98 Å². The minimum absolute atomic E-state index is 0.0451. The van der Waals surface area contributed by atoms with Crippen LogP contribution < -0.4 is 5.73 Å². The van der Waals surface area contributed by atoms with Gasteiger partial charge < -0.3 is 15.4 Å². The standard InChI is InChI=1S/C12H16FN3O2/c1-12(2)7-18-4-3-16(12)11(17)9-5-8(13)6-15-10(9)14/h5-6H,3-4,7H2,1-2H3,(H2,14,15). The van der Waals surface area contributed by atoms with Gasteiger partial charge in [-0.15, -0.1) is 0 Å². The molecule has 0 aromatic carbocycles. The molecule has 6 heteroatoms. The number of rotatable bonds is 1. The monoisotopic (exact) mass is 253 g/mol. The van der Waals surface area contributed by atoms with E-state index in [1.54, 1.807) is 4.90 Å². The van der Waals surface area contributed by atoms with E-state index >= 15 is 0 Å². The van der Waals surface area contributed by atoms with Gasteiger partial charge in [-0.1, -0.05) is 0 Å². The van der Waals surface area contributed by atoms with Crippen LogP contribution in [0.5, 0.6) is 0 Å². The molecular formula is C12H16FN3O2. The average Bonchev–Trinajstić information content (AvgIpc) is 2.31. The molecule has 1 fully saturated rings. The number of ether oxygens (including phenoxy) is 1. The molecular weight excluding hydrogens is 237 g/mol. The number of hydrogen-bond donors (Lipinski definition) is 1. The molecule has 1 aromatic rings. The Bertz CT molecular complexity index is 476. The number of hydrogen-bond acceptors (Lipinski definition) is 4. The number of morpholine rings is 1. The molecule has 0 spiro atoms. The number of amides is 1. The van der Waals surface area contributed by atoms with Gasteiger partial charge in [0.25, 0.3) is 5.91 Å². The Morgan fingerprint density at radius 2 is 2.33 bits per heavy atom. The SMILES string of the molecule is CC1(C)COCCN1C(=O)c1cc(F)cnc1N. The molecule has 0 unspecified atom stereocenters. The van der Waals surface area contributed by atoms with Crippen LogP contribution in [0.3, 0.4) is 0 Å². The number of nitrogens with zero attached hydrogens (tertiary/aromatic N) is 2. The second-order valence-electron chi connectivity index (χ2n) is 4.91. The van der Waals surface area contributed by atoms with Crippen LogP contribution in [0.1, 0.15) is 24.2 Å². The first-order chi connectivity index (χ1) is 8.42. The van der Waals surface area contributed by atoms with Crippen molar-refractivity contribution in [3.63, 3.8) is 0 Å². The Hall–Kier alpha value is -1.69. The van der Waals surface area contributed by atoms with Crippen molar-refractivity contribution in [3.8, 4) is 0 Å². The van der Waals surface area contributed by atoms with E-state index in [1.165, 1.54) is 0 Å². The third-order valence-corrected chi connectivity index (χ3v) is 3.01. The lowest BCUT2D eigenvalue weighted by Crippen LogP contribution is -2.55. The van der Waals surface area contributed by atoms with Crippen LogP contribution in [-0.4, -0.2) is 41.1 Å². The lowest BCUT2D eigenvalue weighted by Gasteiger charge is -2.42. The molecule has 0 bridgehead atoms. The van der Waals surface area contributed by atoms with E-state index in [1.807, 2.05) is 13.8 Å². The molecule has 1 saturated heterocycles. The summed E-state index contributed by atoms with van der Waals surface area (Å²) >= 11 is 0. The summed E-state index contributed by atoms with van der Waals surface area (Å²) in [7, 11) is 0. The molecule has 0 aliphatic carbocycles. The van der Waals surface area contributed by atoms with E-state index in [0.29, 0.717) is 19.8 Å². The summed E-state index contributed by atoms with van der Waals surface area (Å²) in [4.78, 5) is 17.7. The summed E-state index contributed by atoms with van der Waals surface area (Å²) < 4.78 is 18.5. The Kier molecular flexibility index (Phi) is 3.21. The fourth-order valence-corrected chi connectivity index (χ4v) is 2.00. The van der Waals surface area contributed by atoms with Crippen LogP contribution >= 0.6 is 0 Å². The number of carbonyl (C=O) groups is 1. The second-order valence-corrected chi connectivity index (χ2v) is 4.91. The third kappa shape index (κ3) is 2.28. The summed E-state index contributed by atoms with van der Waals surface area (Å²) in [6.45, 7) is 5.17. The van der Waals surface area contributed by atoms with Crippen LogP contribution in [0.25, 0.3) is 0 Å². The second kappa shape index (κ2) is 4.53.